The Morgan fingerprint density at radius 3 is 2.48 bits per heavy atom. The minimum atomic E-state index is -4.63. The van der Waals surface area contributed by atoms with Crippen LogP contribution in [-0.4, -0.2) is 47.4 Å². The van der Waals surface area contributed by atoms with Gasteiger partial charge in [-0.15, -0.1) is 0 Å². The number of rotatable bonds is 7. The zero-order chi connectivity index (χ0) is 21.4. The molecule has 13 heteroatoms. The van der Waals surface area contributed by atoms with Crippen molar-refractivity contribution in [3.05, 3.63) is 36.0 Å². The van der Waals surface area contributed by atoms with Crippen LogP contribution < -0.4 is 10.6 Å². The highest BCUT2D eigenvalue weighted by Gasteiger charge is 2.28. The van der Waals surface area contributed by atoms with Gasteiger partial charge in [-0.3, -0.25) is 14.9 Å². The predicted octanol–water partition coefficient (Wildman–Crippen LogP) is 1.74. The number of nitrogens with zero attached hydrogens (tertiary/aromatic N) is 2. The number of hydrogen-bond acceptors (Lipinski definition) is 7. The van der Waals surface area contributed by atoms with Crippen molar-refractivity contribution in [2.45, 2.75) is 19.0 Å². The minimum Gasteiger partial charge on any atom is -0.456 e. The SMILES string of the molecule is O=C(COC(=O)CCc1nc(-c2ccc(F)cc2)no1)NC(=O)NCC(F)(F)F. The van der Waals surface area contributed by atoms with Gasteiger partial charge in [0.2, 0.25) is 11.7 Å². The van der Waals surface area contributed by atoms with Crippen molar-refractivity contribution in [2.24, 2.45) is 0 Å². The molecule has 9 nitrogen and oxygen atoms in total. The smallest absolute Gasteiger partial charge is 0.405 e. The molecule has 0 spiro atoms. The highest BCUT2D eigenvalue weighted by Crippen LogP contribution is 2.16. The molecule has 1 aromatic heterocycles. The number of urea groups is 1. The van der Waals surface area contributed by atoms with Crippen molar-refractivity contribution >= 4 is 17.9 Å². The highest BCUT2D eigenvalue weighted by atomic mass is 19.4. The van der Waals surface area contributed by atoms with E-state index < -0.39 is 43.1 Å². The Labute approximate surface area is 160 Å². The van der Waals surface area contributed by atoms with E-state index in [4.69, 9.17) is 4.52 Å². The molecule has 0 bridgehead atoms. The second-order valence-corrected chi connectivity index (χ2v) is 5.53. The van der Waals surface area contributed by atoms with Crippen molar-refractivity contribution in [2.75, 3.05) is 13.2 Å². The molecule has 0 saturated carbocycles. The van der Waals surface area contributed by atoms with Gasteiger partial charge in [-0.2, -0.15) is 18.2 Å². The number of aryl methyl sites for hydroxylation is 1. The van der Waals surface area contributed by atoms with E-state index in [1.165, 1.54) is 29.6 Å². The first kappa shape index (κ1) is 21.8. The number of aromatic nitrogens is 2. The third kappa shape index (κ3) is 7.94. The number of alkyl halides is 3. The number of esters is 1. The van der Waals surface area contributed by atoms with Crippen molar-refractivity contribution in [1.82, 2.24) is 20.8 Å². The number of amides is 3. The summed E-state index contributed by atoms with van der Waals surface area (Å²) in [4.78, 5) is 38.0. The third-order valence-corrected chi connectivity index (χ3v) is 3.18. The van der Waals surface area contributed by atoms with Gasteiger partial charge in [0, 0.05) is 12.0 Å². The van der Waals surface area contributed by atoms with Gasteiger partial charge >= 0.3 is 18.2 Å². The van der Waals surface area contributed by atoms with E-state index in [9.17, 15) is 31.9 Å². The van der Waals surface area contributed by atoms with Gasteiger partial charge in [-0.25, -0.2) is 9.18 Å². The fourth-order valence-electron chi connectivity index (χ4n) is 1.89. The van der Waals surface area contributed by atoms with Crippen LogP contribution in [0.2, 0.25) is 0 Å². The first-order valence-electron chi connectivity index (χ1n) is 8.01. The quantitative estimate of drug-likeness (QED) is 0.519. The van der Waals surface area contributed by atoms with Gasteiger partial charge < -0.3 is 14.6 Å². The Morgan fingerprint density at radius 1 is 1.14 bits per heavy atom. The molecule has 0 aliphatic rings. The standard InChI is InChI=1S/C16H14F4N4O5/c17-10-3-1-9(2-4-10)14-23-12(29-24-14)5-6-13(26)28-7-11(25)22-15(27)21-8-16(18,19)20/h1-4H,5-8H2,(H2,21,22,25,27). The van der Waals surface area contributed by atoms with Crippen molar-refractivity contribution in [1.29, 1.82) is 0 Å². The number of ether oxygens (including phenoxy) is 1. The van der Waals surface area contributed by atoms with Crippen LogP contribution in [0.5, 0.6) is 0 Å². The van der Waals surface area contributed by atoms with Gasteiger partial charge in [0.25, 0.3) is 5.91 Å². The summed E-state index contributed by atoms with van der Waals surface area (Å²) >= 11 is 0. The maximum Gasteiger partial charge on any atom is 0.405 e. The Morgan fingerprint density at radius 2 is 1.83 bits per heavy atom. The summed E-state index contributed by atoms with van der Waals surface area (Å²) in [5.41, 5.74) is 0.504. The van der Waals surface area contributed by atoms with E-state index in [2.05, 4.69) is 14.9 Å². The molecular formula is C16H14F4N4O5. The van der Waals surface area contributed by atoms with Crippen molar-refractivity contribution < 1.29 is 41.2 Å². The minimum absolute atomic E-state index is 0.0132. The fraction of sp³-hybridized carbons (Fsp3) is 0.312. The van der Waals surface area contributed by atoms with Crippen LogP contribution in [0.4, 0.5) is 22.4 Å². The van der Waals surface area contributed by atoms with Crippen LogP contribution in [0.3, 0.4) is 0 Å². The average molecular weight is 418 g/mol. The summed E-state index contributed by atoms with van der Waals surface area (Å²) in [6.07, 6.45) is -4.88. The number of imide groups is 1. The monoisotopic (exact) mass is 418 g/mol. The predicted molar refractivity (Wildman–Crippen MR) is 86.6 cm³/mol. The number of carbonyl (C=O) groups excluding carboxylic acids is 3. The molecule has 2 aromatic rings. The molecule has 2 N–H and O–H groups in total. The van der Waals surface area contributed by atoms with E-state index >= 15 is 0 Å². The Kier molecular flexibility index (Phi) is 7.22. The molecule has 29 heavy (non-hydrogen) atoms. The fourth-order valence-corrected chi connectivity index (χ4v) is 1.89. The van der Waals surface area contributed by atoms with E-state index in [0.29, 0.717) is 5.56 Å². The van der Waals surface area contributed by atoms with Crippen LogP contribution in [0.15, 0.2) is 28.8 Å². The van der Waals surface area contributed by atoms with E-state index in [-0.39, 0.29) is 24.6 Å². The number of nitrogens with one attached hydrogen (secondary N) is 2. The third-order valence-electron chi connectivity index (χ3n) is 3.18. The number of hydrogen-bond donors (Lipinski definition) is 2. The zero-order valence-electron chi connectivity index (χ0n) is 14.6. The lowest BCUT2D eigenvalue weighted by Gasteiger charge is -2.09. The molecule has 0 unspecified atom stereocenters. The molecule has 0 aliphatic heterocycles. The van der Waals surface area contributed by atoms with Crippen LogP contribution in [0.1, 0.15) is 12.3 Å². The summed E-state index contributed by atoms with van der Waals surface area (Å²) in [5, 5.41) is 6.68. The topological polar surface area (TPSA) is 123 Å². The van der Waals surface area contributed by atoms with Gasteiger partial charge in [0.05, 0.1) is 6.42 Å². The summed E-state index contributed by atoms with van der Waals surface area (Å²) in [7, 11) is 0. The number of benzene rings is 1. The largest absolute Gasteiger partial charge is 0.456 e. The van der Waals surface area contributed by atoms with Gasteiger partial charge in [0.15, 0.2) is 6.61 Å². The summed E-state index contributed by atoms with van der Waals surface area (Å²) in [6.45, 7) is -2.47. The molecule has 1 heterocycles. The van der Waals surface area contributed by atoms with E-state index in [1.807, 2.05) is 0 Å². The molecule has 3 amide bonds. The Bertz CT molecular complexity index is 867. The van der Waals surface area contributed by atoms with Crippen molar-refractivity contribution in [3.8, 4) is 11.4 Å². The summed E-state index contributed by atoms with van der Waals surface area (Å²) in [5.74, 6) is -2.08. The van der Waals surface area contributed by atoms with Gasteiger partial charge in [0.1, 0.15) is 12.4 Å². The molecule has 1 aromatic carbocycles. The Balaban J connectivity index is 1.70. The second-order valence-electron chi connectivity index (χ2n) is 5.53. The second kappa shape index (κ2) is 9.61. The Hall–Kier alpha value is -3.51. The van der Waals surface area contributed by atoms with Crippen LogP contribution in [0.25, 0.3) is 11.4 Å². The lowest BCUT2D eigenvalue weighted by molar-refractivity contribution is -0.148. The van der Waals surface area contributed by atoms with E-state index in [1.54, 1.807) is 5.32 Å². The molecular weight excluding hydrogens is 404 g/mol. The zero-order valence-corrected chi connectivity index (χ0v) is 14.6. The first-order chi connectivity index (χ1) is 13.6. The lowest BCUT2D eigenvalue weighted by Crippen LogP contribution is -2.44. The first-order valence-corrected chi connectivity index (χ1v) is 8.01. The van der Waals surface area contributed by atoms with Crippen molar-refractivity contribution in [3.63, 3.8) is 0 Å². The van der Waals surface area contributed by atoms with Gasteiger partial charge in [-0.1, -0.05) is 5.16 Å². The molecule has 0 atom stereocenters. The van der Waals surface area contributed by atoms with Gasteiger partial charge in [-0.05, 0) is 24.3 Å². The van der Waals surface area contributed by atoms with Crippen LogP contribution in [-0.2, 0) is 20.7 Å². The molecule has 0 saturated heterocycles. The maximum absolute atomic E-state index is 12.9. The molecule has 0 radical (unpaired) electrons. The maximum atomic E-state index is 12.9. The molecule has 156 valence electrons. The van der Waals surface area contributed by atoms with E-state index in [0.717, 1.165) is 0 Å². The number of halogens is 4. The molecule has 0 fully saturated rings. The lowest BCUT2D eigenvalue weighted by atomic mass is 10.2. The average Bonchev–Trinajstić information content (AvgIpc) is 3.12. The summed E-state index contributed by atoms with van der Waals surface area (Å²) < 4.78 is 58.2. The van der Waals surface area contributed by atoms with Crippen LogP contribution in [0, 0.1) is 5.82 Å². The highest BCUT2D eigenvalue weighted by molar-refractivity contribution is 5.95. The normalized spacial score (nSPS) is 11.0. The molecule has 0 aliphatic carbocycles. The molecule has 2 rings (SSSR count). The van der Waals surface area contributed by atoms with Crippen LogP contribution >= 0.6 is 0 Å². The number of carbonyl (C=O) groups is 3. The summed E-state index contributed by atoms with van der Waals surface area (Å²) in [6, 6.07) is 3.96.